The molecule has 0 fully saturated rings. The third-order valence-electron chi connectivity index (χ3n) is 5.60. The zero-order valence-corrected chi connectivity index (χ0v) is 14.2. The van der Waals surface area contributed by atoms with Gasteiger partial charge in [-0.1, -0.05) is 18.6 Å². The minimum atomic E-state index is -0.364. The van der Waals surface area contributed by atoms with E-state index in [1.54, 1.807) is 6.20 Å². The van der Waals surface area contributed by atoms with Crippen molar-refractivity contribution < 1.29 is 4.79 Å². The number of primary amides is 1. The van der Waals surface area contributed by atoms with Crippen LogP contribution in [0.25, 0.3) is 0 Å². The summed E-state index contributed by atoms with van der Waals surface area (Å²) in [4.78, 5) is 11.5. The summed E-state index contributed by atoms with van der Waals surface area (Å²) in [5, 5.41) is 7.94. The van der Waals surface area contributed by atoms with E-state index in [9.17, 15) is 4.79 Å². The first kappa shape index (κ1) is 16.2. The molecule has 126 valence electrons. The normalized spacial score (nSPS) is 27.4. The Morgan fingerprint density at radius 2 is 2.26 bits per heavy atom. The fourth-order valence-corrected chi connectivity index (χ4v) is 4.06. The van der Waals surface area contributed by atoms with Gasteiger partial charge in [-0.25, -0.2) is 0 Å². The second-order valence-electron chi connectivity index (χ2n) is 7.22. The molecule has 1 aliphatic heterocycles. The van der Waals surface area contributed by atoms with Crippen molar-refractivity contribution in [3.05, 3.63) is 29.1 Å². The maximum Gasteiger partial charge on any atom is 0.252 e. The van der Waals surface area contributed by atoms with E-state index in [2.05, 4.69) is 30.3 Å². The molecule has 0 saturated heterocycles. The molecule has 23 heavy (non-hydrogen) atoms. The number of allylic oxidation sites excluding steroid dienone is 1. The molecule has 0 bridgehead atoms. The average molecular weight is 316 g/mol. The van der Waals surface area contributed by atoms with Gasteiger partial charge < -0.3 is 11.1 Å². The first-order valence-electron chi connectivity index (χ1n) is 8.78. The highest BCUT2D eigenvalue weighted by Crippen LogP contribution is 2.29. The molecule has 1 aromatic heterocycles. The highest BCUT2D eigenvalue weighted by molar-refractivity contribution is 5.93. The van der Waals surface area contributed by atoms with Gasteiger partial charge in [-0.2, -0.15) is 5.10 Å². The second-order valence-corrected chi connectivity index (χ2v) is 7.22. The van der Waals surface area contributed by atoms with Gasteiger partial charge in [0.15, 0.2) is 0 Å². The number of hydrogen-bond donors (Lipinski definition) is 2. The van der Waals surface area contributed by atoms with Gasteiger partial charge in [-0.05, 0) is 56.9 Å². The van der Waals surface area contributed by atoms with Crippen LogP contribution in [0.3, 0.4) is 0 Å². The Morgan fingerprint density at radius 3 is 3.00 bits per heavy atom. The topological polar surface area (TPSA) is 72.9 Å². The Balaban J connectivity index is 1.54. The molecular formula is C18H28N4O. The summed E-state index contributed by atoms with van der Waals surface area (Å²) >= 11 is 0. The number of hydrogen-bond acceptors (Lipinski definition) is 3. The van der Waals surface area contributed by atoms with Crippen LogP contribution in [0.5, 0.6) is 0 Å². The number of aromatic nitrogens is 2. The third-order valence-corrected chi connectivity index (χ3v) is 5.60. The molecule has 1 aromatic rings. The lowest BCUT2D eigenvalue weighted by Gasteiger charge is -2.30. The SMILES string of the molecule is CC1=CCC[C@H](C)[C@@H]1CNC[C@H]1CCn2ncc(C(N)=O)c2C1. The molecule has 0 spiro atoms. The van der Waals surface area contributed by atoms with Gasteiger partial charge in [0, 0.05) is 13.1 Å². The lowest BCUT2D eigenvalue weighted by molar-refractivity contribution is 0.0998. The maximum absolute atomic E-state index is 11.5. The van der Waals surface area contributed by atoms with Crippen LogP contribution in [0.4, 0.5) is 0 Å². The maximum atomic E-state index is 11.5. The van der Waals surface area contributed by atoms with E-state index in [1.165, 1.54) is 18.4 Å². The van der Waals surface area contributed by atoms with Crippen LogP contribution >= 0.6 is 0 Å². The van der Waals surface area contributed by atoms with Gasteiger partial charge in [-0.15, -0.1) is 0 Å². The van der Waals surface area contributed by atoms with Crippen LogP contribution in [-0.4, -0.2) is 28.8 Å². The van der Waals surface area contributed by atoms with Crippen LogP contribution in [0.15, 0.2) is 17.8 Å². The van der Waals surface area contributed by atoms with E-state index in [1.807, 2.05) is 4.68 Å². The van der Waals surface area contributed by atoms with E-state index in [-0.39, 0.29) is 5.91 Å². The molecule has 0 radical (unpaired) electrons. The summed E-state index contributed by atoms with van der Waals surface area (Å²) in [6.45, 7) is 7.57. The fourth-order valence-electron chi connectivity index (χ4n) is 4.06. The molecule has 3 atom stereocenters. The van der Waals surface area contributed by atoms with Crippen molar-refractivity contribution in [2.45, 2.75) is 46.1 Å². The van der Waals surface area contributed by atoms with Crippen molar-refractivity contribution in [3.63, 3.8) is 0 Å². The lowest BCUT2D eigenvalue weighted by atomic mass is 9.80. The average Bonchev–Trinajstić information content (AvgIpc) is 2.93. The number of amides is 1. The number of nitrogens with zero attached hydrogens (tertiary/aromatic N) is 2. The molecule has 5 nitrogen and oxygen atoms in total. The van der Waals surface area contributed by atoms with Crippen molar-refractivity contribution in [1.29, 1.82) is 0 Å². The molecule has 3 rings (SSSR count). The van der Waals surface area contributed by atoms with Crippen LogP contribution in [0, 0.1) is 17.8 Å². The summed E-state index contributed by atoms with van der Waals surface area (Å²) < 4.78 is 1.94. The van der Waals surface area contributed by atoms with Crippen LogP contribution in [-0.2, 0) is 13.0 Å². The first-order chi connectivity index (χ1) is 11.1. The number of fused-ring (bicyclic) bond motifs is 1. The largest absolute Gasteiger partial charge is 0.365 e. The molecule has 2 heterocycles. The number of nitrogens with two attached hydrogens (primary N) is 1. The van der Waals surface area contributed by atoms with Crippen molar-refractivity contribution >= 4 is 5.91 Å². The van der Waals surface area contributed by atoms with Crippen LogP contribution < -0.4 is 11.1 Å². The minimum absolute atomic E-state index is 0.364. The smallest absolute Gasteiger partial charge is 0.252 e. The van der Waals surface area contributed by atoms with Gasteiger partial charge in [0.25, 0.3) is 5.91 Å². The van der Waals surface area contributed by atoms with E-state index < -0.39 is 0 Å². The van der Waals surface area contributed by atoms with Crippen molar-refractivity contribution in [3.8, 4) is 0 Å². The van der Waals surface area contributed by atoms with E-state index in [4.69, 9.17) is 5.73 Å². The molecule has 1 aliphatic carbocycles. The van der Waals surface area contributed by atoms with E-state index >= 15 is 0 Å². The second kappa shape index (κ2) is 6.87. The van der Waals surface area contributed by atoms with Crippen molar-refractivity contribution in [1.82, 2.24) is 15.1 Å². The lowest BCUT2D eigenvalue weighted by Crippen LogP contribution is -2.35. The fraction of sp³-hybridized carbons (Fsp3) is 0.667. The monoisotopic (exact) mass is 316 g/mol. The molecule has 0 aromatic carbocycles. The highest BCUT2D eigenvalue weighted by Gasteiger charge is 2.25. The van der Waals surface area contributed by atoms with Gasteiger partial charge in [0.2, 0.25) is 0 Å². The number of rotatable bonds is 5. The van der Waals surface area contributed by atoms with Crippen molar-refractivity contribution in [2.75, 3.05) is 13.1 Å². The summed E-state index contributed by atoms with van der Waals surface area (Å²) in [5.74, 6) is 1.62. The molecule has 2 aliphatic rings. The Kier molecular flexibility index (Phi) is 4.85. The van der Waals surface area contributed by atoms with Crippen LogP contribution in [0.2, 0.25) is 0 Å². The van der Waals surface area contributed by atoms with Gasteiger partial charge in [-0.3, -0.25) is 9.48 Å². The molecule has 0 unspecified atom stereocenters. The third kappa shape index (κ3) is 3.50. The minimum Gasteiger partial charge on any atom is -0.365 e. The Labute approximate surface area is 138 Å². The Bertz CT molecular complexity index is 604. The predicted octanol–water partition coefficient (Wildman–Crippen LogP) is 2.13. The highest BCUT2D eigenvalue weighted by atomic mass is 16.1. The Morgan fingerprint density at radius 1 is 1.43 bits per heavy atom. The first-order valence-corrected chi connectivity index (χ1v) is 8.78. The molecular weight excluding hydrogens is 288 g/mol. The van der Waals surface area contributed by atoms with Crippen molar-refractivity contribution in [2.24, 2.45) is 23.5 Å². The van der Waals surface area contributed by atoms with E-state index in [0.717, 1.165) is 44.1 Å². The van der Waals surface area contributed by atoms with Gasteiger partial charge >= 0.3 is 0 Å². The Hall–Kier alpha value is -1.62. The molecule has 1 amide bonds. The van der Waals surface area contributed by atoms with Crippen LogP contribution in [0.1, 0.15) is 49.2 Å². The summed E-state index contributed by atoms with van der Waals surface area (Å²) in [5.41, 5.74) is 8.58. The molecule has 0 saturated carbocycles. The number of aryl methyl sites for hydroxylation is 1. The number of nitrogens with one attached hydrogen (secondary N) is 1. The quantitative estimate of drug-likeness (QED) is 0.817. The zero-order chi connectivity index (χ0) is 16.4. The van der Waals surface area contributed by atoms with Gasteiger partial charge in [0.05, 0.1) is 17.5 Å². The van der Waals surface area contributed by atoms with E-state index in [0.29, 0.717) is 17.4 Å². The zero-order valence-electron chi connectivity index (χ0n) is 14.2. The predicted molar refractivity (Wildman–Crippen MR) is 91.1 cm³/mol. The standard InChI is InChI=1S/C18H28N4O/c1-12-4-3-5-13(2)15(12)10-20-9-14-6-7-22-17(8-14)16(11-21-22)18(19)23/h4,11,13-15,20H,3,5-10H2,1-2H3,(H2,19,23)/t13-,14-,15+/m0/s1. The number of carbonyl (C=O) groups is 1. The summed E-state index contributed by atoms with van der Waals surface area (Å²) in [7, 11) is 0. The summed E-state index contributed by atoms with van der Waals surface area (Å²) in [6.07, 6.45) is 8.53. The molecule has 5 heteroatoms. The molecule has 3 N–H and O–H groups in total. The summed E-state index contributed by atoms with van der Waals surface area (Å²) in [6, 6.07) is 0. The van der Waals surface area contributed by atoms with Gasteiger partial charge in [0.1, 0.15) is 0 Å². The number of carbonyl (C=O) groups excluding carboxylic acids is 1.